The highest BCUT2D eigenvalue weighted by Gasteiger charge is 2.36. The molecule has 2 unspecified atom stereocenters. The summed E-state index contributed by atoms with van der Waals surface area (Å²) in [6.45, 7) is 6.17. The smallest absolute Gasteiger partial charge is 0.223 e. The highest BCUT2D eigenvalue weighted by Crippen LogP contribution is 2.30. The lowest BCUT2D eigenvalue weighted by Crippen LogP contribution is -2.51. The summed E-state index contributed by atoms with van der Waals surface area (Å²) in [5.41, 5.74) is 6.16. The van der Waals surface area contributed by atoms with Gasteiger partial charge in [0.25, 0.3) is 0 Å². The summed E-state index contributed by atoms with van der Waals surface area (Å²) in [6.07, 6.45) is 9.03. The molecule has 41 heavy (non-hydrogen) atoms. The molecule has 2 saturated heterocycles. The van der Waals surface area contributed by atoms with Crippen molar-refractivity contribution in [3.63, 3.8) is 0 Å². The lowest BCUT2D eigenvalue weighted by Gasteiger charge is -2.31. The molecule has 0 radical (unpaired) electrons. The number of nitrogens with zero attached hydrogens (tertiary/aromatic N) is 3. The first-order valence-electron chi connectivity index (χ1n) is 14.9. The van der Waals surface area contributed by atoms with E-state index in [-0.39, 0.29) is 18.1 Å². The number of nitrogens with one attached hydrogen (secondary N) is 3. The first kappa shape index (κ1) is 27.2. The molecule has 0 aliphatic carbocycles. The molecule has 212 valence electrons. The lowest BCUT2D eigenvalue weighted by molar-refractivity contribution is -0.133. The van der Waals surface area contributed by atoms with Gasteiger partial charge in [0.1, 0.15) is 12.0 Å². The van der Waals surface area contributed by atoms with Crippen LogP contribution < -0.4 is 10.6 Å². The van der Waals surface area contributed by atoms with E-state index in [1.165, 1.54) is 6.42 Å². The van der Waals surface area contributed by atoms with Crippen molar-refractivity contribution in [1.82, 2.24) is 30.4 Å². The van der Waals surface area contributed by atoms with Crippen LogP contribution in [0.3, 0.4) is 0 Å². The molecule has 3 aliphatic rings. The summed E-state index contributed by atoms with van der Waals surface area (Å²) in [6, 6.07) is 17.2. The Bertz CT molecular complexity index is 1490. The summed E-state index contributed by atoms with van der Waals surface area (Å²) in [5, 5.41) is 7.13. The molecule has 3 aromatic rings. The Kier molecular flexibility index (Phi) is 7.84. The number of H-pyrrole nitrogens is 1. The maximum atomic E-state index is 12.8. The van der Waals surface area contributed by atoms with E-state index in [9.17, 15) is 4.79 Å². The van der Waals surface area contributed by atoms with Gasteiger partial charge in [0, 0.05) is 41.4 Å². The van der Waals surface area contributed by atoms with E-state index in [4.69, 9.17) is 0 Å². The second-order valence-electron chi connectivity index (χ2n) is 12.0. The third kappa shape index (κ3) is 6.03. The van der Waals surface area contributed by atoms with E-state index < -0.39 is 0 Å². The van der Waals surface area contributed by atoms with Crippen molar-refractivity contribution in [3.05, 3.63) is 83.4 Å². The Morgan fingerprint density at radius 3 is 2.49 bits per heavy atom. The molecule has 3 atom stereocenters. The van der Waals surface area contributed by atoms with Crippen LogP contribution in [0.5, 0.6) is 0 Å². The number of hydrogen-bond acceptors (Lipinski definition) is 5. The number of amides is 1. The number of imidazole rings is 1. The van der Waals surface area contributed by atoms with Gasteiger partial charge < -0.3 is 20.5 Å². The summed E-state index contributed by atoms with van der Waals surface area (Å²) in [7, 11) is 2.17. The molecule has 6 rings (SSSR count). The maximum absolute atomic E-state index is 12.8. The number of benzene rings is 2. The molecule has 3 N–H and O–H groups in total. The Morgan fingerprint density at radius 1 is 1.02 bits per heavy atom. The normalized spacial score (nSPS) is 22.3. The second-order valence-corrected chi connectivity index (χ2v) is 12.0. The zero-order chi connectivity index (χ0) is 28.3. The minimum absolute atomic E-state index is 0.0261. The van der Waals surface area contributed by atoms with Crippen molar-refractivity contribution >= 4 is 11.6 Å². The van der Waals surface area contributed by atoms with E-state index >= 15 is 0 Å². The molecule has 0 bridgehead atoms. The lowest BCUT2D eigenvalue weighted by atomic mass is 10.1. The van der Waals surface area contributed by atoms with Gasteiger partial charge in [-0.25, -0.2) is 4.98 Å². The fourth-order valence-electron chi connectivity index (χ4n) is 6.29. The zero-order valence-corrected chi connectivity index (χ0v) is 24.3. The van der Waals surface area contributed by atoms with Crippen LogP contribution in [-0.2, 0) is 4.79 Å². The van der Waals surface area contributed by atoms with Crippen LogP contribution in [0.15, 0.2) is 60.9 Å². The molecule has 4 heterocycles. The average molecular weight is 549 g/mol. The predicted molar refractivity (Wildman–Crippen MR) is 163 cm³/mol. The molecule has 2 fully saturated rings. The fourth-order valence-corrected chi connectivity index (χ4v) is 6.29. The molecule has 7 heteroatoms. The van der Waals surface area contributed by atoms with Gasteiger partial charge in [0.15, 0.2) is 0 Å². The number of likely N-dealkylation sites (tertiary alicyclic amines) is 2. The molecule has 0 saturated carbocycles. The van der Waals surface area contributed by atoms with E-state index in [0.29, 0.717) is 18.4 Å². The van der Waals surface area contributed by atoms with E-state index in [0.717, 1.165) is 71.8 Å². The predicted octanol–water partition coefficient (Wildman–Crippen LogP) is 5.10. The van der Waals surface area contributed by atoms with Crippen molar-refractivity contribution in [2.75, 3.05) is 20.1 Å². The fraction of sp³-hybridized carbons (Fsp3) is 0.412. The summed E-state index contributed by atoms with van der Waals surface area (Å²) in [5.74, 6) is 8.38. The topological polar surface area (TPSA) is 76.3 Å². The van der Waals surface area contributed by atoms with Crippen LogP contribution >= 0.6 is 0 Å². The van der Waals surface area contributed by atoms with E-state index in [2.05, 4.69) is 93.5 Å². The number of aromatic amines is 1. The molecule has 1 amide bonds. The third-order valence-corrected chi connectivity index (χ3v) is 8.44. The van der Waals surface area contributed by atoms with Crippen LogP contribution in [-0.4, -0.2) is 58.0 Å². The van der Waals surface area contributed by atoms with Crippen molar-refractivity contribution < 1.29 is 4.79 Å². The Labute approximate surface area is 243 Å². The highest BCUT2D eigenvalue weighted by atomic mass is 16.2. The molecule has 7 nitrogen and oxygen atoms in total. The van der Waals surface area contributed by atoms with Crippen LogP contribution in [0, 0.1) is 17.8 Å². The van der Waals surface area contributed by atoms with E-state index in [1.54, 1.807) is 0 Å². The largest absolute Gasteiger partial charge is 0.368 e. The first-order valence-corrected chi connectivity index (χ1v) is 14.9. The second kappa shape index (κ2) is 11.8. The van der Waals surface area contributed by atoms with Crippen molar-refractivity contribution in [2.45, 2.75) is 64.2 Å². The minimum atomic E-state index is 0.0261. The molecule has 1 aromatic heterocycles. The van der Waals surface area contributed by atoms with Crippen LogP contribution in [0.25, 0.3) is 17.0 Å². The van der Waals surface area contributed by atoms with Gasteiger partial charge in [-0.05, 0) is 69.5 Å². The average Bonchev–Trinajstić information content (AvgIpc) is 3.78. The van der Waals surface area contributed by atoms with Gasteiger partial charge in [-0.2, -0.15) is 0 Å². The first-order chi connectivity index (χ1) is 19.9. The number of hydrogen-bond donors (Lipinski definition) is 3. The molecule has 3 aliphatic heterocycles. The van der Waals surface area contributed by atoms with Crippen molar-refractivity contribution in [2.24, 2.45) is 5.92 Å². The number of rotatable bonds is 6. The van der Waals surface area contributed by atoms with Crippen LogP contribution in [0.4, 0.5) is 0 Å². The van der Waals surface area contributed by atoms with Gasteiger partial charge in [0.2, 0.25) is 5.91 Å². The molecular formula is C34H40N6O. The van der Waals surface area contributed by atoms with Crippen LogP contribution in [0.1, 0.15) is 74.5 Å². The monoisotopic (exact) mass is 548 g/mol. The molecule has 0 spiro atoms. The maximum Gasteiger partial charge on any atom is 0.223 e. The Morgan fingerprint density at radius 2 is 1.76 bits per heavy atom. The number of carbonyl (C=O) groups excluding carboxylic acids is 1. The van der Waals surface area contributed by atoms with Gasteiger partial charge in [-0.3, -0.25) is 9.69 Å². The van der Waals surface area contributed by atoms with Crippen molar-refractivity contribution in [3.8, 4) is 23.1 Å². The quantitative estimate of drug-likeness (QED) is 0.374. The summed E-state index contributed by atoms with van der Waals surface area (Å²) in [4.78, 5) is 25.5. The van der Waals surface area contributed by atoms with Gasteiger partial charge in [0.05, 0.1) is 29.7 Å². The molecular weight excluding hydrogens is 508 g/mol. The minimum Gasteiger partial charge on any atom is -0.368 e. The Hall–Kier alpha value is -4.02. The standard InChI is InChI=1S/C34H40N6O/c1-23(2)18-32(41)40-17-7-13-31(40)34-36-22-29(38-34)27-11-5-9-25(20-27)15-14-24-8-4-10-26(19-24)28-21-35-33(37-28)30-12-6-16-39(30)3/h4-5,8-11,19-23,30-31,34,36,38H,6-7,12-13,16-18H2,1-3H3,(H,35,37)/t30-,31?,34?/m0/s1. The third-order valence-electron chi connectivity index (χ3n) is 8.44. The molecule has 2 aromatic carbocycles. The van der Waals surface area contributed by atoms with Gasteiger partial charge in [-0.1, -0.05) is 50.0 Å². The summed E-state index contributed by atoms with van der Waals surface area (Å²) < 4.78 is 0. The van der Waals surface area contributed by atoms with Crippen molar-refractivity contribution in [1.29, 1.82) is 0 Å². The number of aromatic nitrogens is 2. The van der Waals surface area contributed by atoms with Gasteiger partial charge in [-0.15, -0.1) is 0 Å². The SMILES string of the molecule is CC(C)CC(=O)N1CCCC1C1NC=C(c2cccc(C#Cc3cccc(-c4cnc([C@@H]5CCCN5C)[nH]4)c3)c2)N1. The van der Waals surface area contributed by atoms with Gasteiger partial charge >= 0.3 is 0 Å². The van der Waals surface area contributed by atoms with Crippen LogP contribution in [0.2, 0.25) is 0 Å². The van der Waals surface area contributed by atoms with E-state index in [1.807, 2.05) is 30.6 Å². The Balaban J connectivity index is 1.12. The summed E-state index contributed by atoms with van der Waals surface area (Å²) >= 11 is 0. The highest BCUT2D eigenvalue weighted by molar-refractivity contribution is 5.77. The zero-order valence-electron chi connectivity index (χ0n) is 24.3. The number of carbonyl (C=O) groups is 1.